The Balaban J connectivity index is 1.66. The van der Waals surface area contributed by atoms with Gasteiger partial charge in [-0.05, 0) is 27.2 Å². The summed E-state index contributed by atoms with van der Waals surface area (Å²) >= 11 is 0. The standard InChI is InChI=1S/C16H28O9/c1-14(2,22)16-4-8(16)15(3,5-9(16)18)25-24-13-12(21)11(20)10(19)7(6-17)23-13/h7-13,17-22H,4-6H2,1-3H3/t7-,8?,9+,10-,11+,12-,13+,15+,16?/m1/s1. The minimum atomic E-state index is -1.56. The van der Waals surface area contributed by atoms with E-state index in [4.69, 9.17) is 14.5 Å². The second-order valence-electron chi connectivity index (χ2n) is 8.27. The number of rotatable bonds is 5. The molecule has 0 aromatic carbocycles. The molecule has 3 fully saturated rings. The minimum Gasteiger partial charge on any atom is -0.394 e. The van der Waals surface area contributed by atoms with Gasteiger partial charge in [-0.25, -0.2) is 9.78 Å². The number of aliphatic hydroxyl groups is 6. The lowest BCUT2D eigenvalue weighted by Crippen LogP contribution is -2.59. The lowest BCUT2D eigenvalue weighted by molar-refractivity contribution is -0.459. The highest BCUT2D eigenvalue weighted by atomic mass is 17.2. The summed E-state index contributed by atoms with van der Waals surface area (Å²) in [5.74, 6) is -0.139. The van der Waals surface area contributed by atoms with E-state index in [0.29, 0.717) is 6.42 Å². The van der Waals surface area contributed by atoms with Crippen molar-refractivity contribution in [3.8, 4) is 0 Å². The maximum Gasteiger partial charge on any atom is 0.220 e. The van der Waals surface area contributed by atoms with Crippen LogP contribution in [0.5, 0.6) is 0 Å². The van der Waals surface area contributed by atoms with Crippen LogP contribution in [0.1, 0.15) is 33.6 Å². The smallest absolute Gasteiger partial charge is 0.220 e. The number of aliphatic hydroxyl groups excluding tert-OH is 5. The van der Waals surface area contributed by atoms with Crippen LogP contribution in [0.15, 0.2) is 0 Å². The summed E-state index contributed by atoms with van der Waals surface area (Å²) in [5, 5.41) is 59.5. The third-order valence-electron chi connectivity index (χ3n) is 6.25. The number of ether oxygens (including phenoxy) is 1. The van der Waals surface area contributed by atoms with Crippen LogP contribution in [0, 0.1) is 11.3 Å². The Morgan fingerprint density at radius 1 is 1.08 bits per heavy atom. The number of fused-ring (bicyclic) bond motifs is 1. The molecule has 0 aromatic rings. The highest BCUT2D eigenvalue weighted by Crippen LogP contribution is 2.72. The van der Waals surface area contributed by atoms with E-state index in [-0.39, 0.29) is 12.3 Å². The largest absolute Gasteiger partial charge is 0.394 e. The highest BCUT2D eigenvalue weighted by Gasteiger charge is 2.77. The maximum absolute atomic E-state index is 10.4. The van der Waals surface area contributed by atoms with Crippen LogP contribution in [0.2, 0.25) is 0 Å². The Morgan fingerprint density at radius 2 is 1.72 bits per heavy atom. The van der Waals surface area contributed by atoms with E-state index in [2.05, 4.69) is 0 Å². The number of hydrogen-bond donors (Lipinski definition) is 6. The van der Waals surface area contributed by atoms with E-state index in [9.17, 15) is 30.6 Å². The average molecular weight is 364 g/mol. The molecular weight excluding hydrogens is 336 g/mol. The minimum absolute atomic E-state index is 0.139. The first kappa shape index (κ1) is 19.4. The fourth-order valence-electron chi connectivity index (χ4n) is 4.60. The zero-order valence-electron chi connectivity index (χ0n) is 14.6. The molecule has 3 aliphatic rings. The van der Waals surface area contributed by atoms with E-state index in [1.165, 1.54) is 0 Å². The van der Waals surface area contributed by atoms with Crippen molar-refractivity contribution in [3.05, 3.63) is 0 Å². The van der Waals surface area contributed by atoms with Crippen LogP contribution >= 0.6 is 0 Å². The normalized spacial score (nSPS) is 52.9. The Labute approximate surface area is 145 Å². The van der Waals surface area contributed by atoms with Crippen molar-refractivity contribution in [1.82, 2.24) is 0 Å². The van der Waals surface area contributed by atoms with E-state index in [0.717, 1.165) is 0 Å². The fourth-order valence-corrected chi connectivity index (χ4v) is 4.60. The Hall–Kier alpha value is -0.360. The lowest BCUT2D eigenvalue weighted by Gasteiger charge is -2.40. The van der Waals surface area contributed by atoms with E-state index in [1.54, 1.807) is 20.8 Å². The van der Waals surface area contributed by atoms with Gasteiger partial charge < -0.3 is 35.4 Å². The van der Waals surface area contributed by atoms with Gasteiger partial charge in [0.05, 0.1) is 18.3 Å². The summed E-state index contributed by atoms with van der Waals surface area (Å²) in [7, 11) is 0. The van der Waals surface area contributed by atoms with Gasteiger partial charge in [-0.2, -0.15) is 0 Å². The first-order valence-corrected chi connectivity index (χ1v) is 8.53. The summed E-state index contributed by atoms with van der Waals surface area (Å²) < 4.78 is 5.23. The van der Waals surface area contributed by atoms with Crippen molar-refractivity contribution in [2.75, 3.05) is 6.61 Å². The van der Waals surface area contributed by atoms with Crippen LogP contribution in [-0.4, -0.2) is 85.3 Å². The first-order valence-electron chi connectivity index (χ1n) is 8.53. The van der Waals surface area contributed by atoms with E-state index < -0.39 is 60.0 Å². The SMILES string of the molecule is CC(C)(O)C12CC1[C@@](C)(OO[C@@H]1O[C@H](CO)[C@@H](O)[C@H](O)[C@H]1O)C[C@@H]2O. The molecule has 6 N–H and O–H groups in total. The summed E-state index contributed by atoms with van der Waals surface area (Å²) in [6.45, 7) is 4.48. The second kappa shape index (κ2) is 6.08. The van der Waals surface area contributed by atoms with Crippen molar-refractivity contribution < 1.29 is 45.2 Å². The molecule has 0 spiro atoms. The highest BCUT2D eigenvalue weighted by molar-refractivity contribution is 5.25. The predicted molar refractivity (Wildman–Crippen MR) is 81.8 cm³/mol. The fraction of sp³-hybridized carbons (Fsp3) is 1.00. The molecule has 1 saturated heterocycles. The van der Waals surface area contributed by atoms with Gasteiger partial charge in [0.15, 0.2) is 0 Å². The van der Waals surface area contributed by atoms with Gasteiger partial charge in [-0.15, -0.1) is 0 Å². The summed E-state index contributed by atoms with van der Waals surface area (Å²) in [4.78, 5) is 10.7. The topological polar surface area (TPSA) is 149 Å². The quantitative estimate of drug-likeness (QED) is 0.241. The third kappa shape index (κ3) is 2.82. The van der Waals surface area contributed by atoms with Crippen LogP contribution in [0.4, 0.5) is 0 Å². The molecular formula is C16H28O9. The van der Waals surface area contributed by atoms with Gasteiger partial charge in [-0.3, -0.25) is 0 Å². The molecule has 9 heteroatoms. The van der Waals surface area contributed by atoms with Gasteiger partial charge in [0.1, 0.15) is 30.0 Å². The Kier molecular flexibility index (Phi) is 4.72. The third-order valence-corrected chi connectivity index (χ3v) is 6.25. The molecule has 3 rings (SSSR count). The van der Waals surface area contributed by atoms with Crippen molar-refractivity contribution in [1.29, 1.82) is 0 Å². The van der Waals surface area contributed by atoms with E-state index in [1.807, 2.05) is 0 Å². The Morgan fingerprint density at radius 3 is 2.20 bits per heavy atom. The molecule has 0 amide bonds. The molecule has 25 heavy (non-hydrogen) atoms. The number of hydrogen-bond acceptors (Lipinski definition) is 9. The van der Waals surface area contributed by atoms with Gasteiger partial charge in [-0.1, -0.05) is 0 Å². The first-order chi connectivity index (χ1) is 11.5. The molecule has 2 saturated carbocycles. The Bertz CT molecular complexity index is 506. The van der Waals surface area contributed by atoms with Gasteiger partial charge in [0, 0.05) is 17.8 Å². The van der Waals surface area contributed by atoms with Crippen LogP contribution in [-0.2, 0) is 14.5 Å². The van der Waals surface area contributed by atoms with Crippen LogP contribution in [0.25, 0.3) is 0 Å². The van der Waals surface area contributed by atoms with Crippen molar-refractivity contribution in [3.63, 3.8) is 0 Å². The van der Waals surface area contributed by atoms with Gasteiger partial charge in [0.2, 0.25) is 6.29 Å². The monoisotopic (exact) mass is 364 g/mol. The summed E-state index contributed by atoms with van der Waals surface area (Å²) in [6.07, 6.45) is -7.05. The molecule has 146 valence electrons. The molecule has 0 radical (unpaired) electrons. The predicted octanol–water partition coefficient (Wildman–Crippen LogP) is -1.96. The zero-order chi connectivity index (χ0) is 18.8. The van der Waals surface area contributed by atoms with E-state index >= 15 is 0 Å². The lowest BCUT2D eigenvalue weighted by atomic mass is 9.83. The van der Waals surface area contributed by atoms with Crippen molar-refractivity contribution in [2.45, 2.75) is 81.6 Å². The molecule has 1 heterocycles. The summed E-state index contributed by atoms with van der Waals surface area (Å²) in [6, 6.07) is 0. The van der Waals surface area contributed by atoms with Crippen molar-refractivity contribution >= 4 is 0 Å². The molecule has 9 atom stereocenters. The maximum atomic E-state index is 10.4. The van der Waals surface area contributed by atoms with Gasteiger partial charge in [0.25, 0.3) is 0 Å². The van der Waals surface area contributed by atoms with Crippen molar-refractivity contribution in [2.24, 2.45) is 11.3 Å². The zero-order valence-corrected chi connectivity index (χ0v) is 14.6. The molecule has 2 aliphatic carbocycles. The molecule has 9 nitrogen and oxygen atoms in total. The molecule has 1 aliphatic heterocycles. The van der Waals surface area contributed by atoms with Crippen LogP contribution < -0.4 is 0 Å². The molecule has 2 unspecified atom stereocenters. The molecule has 0 bridgehead atoms. The second-order valence-corrected chi connectivity index (χ2v) is 8.27. The van der Waals surface area contributed by atoms with Gasteiger partial charge >= 0.3 is 0 Å². The molecule has 0 aromatic heterocycles. The summed E-state index contributed by atoms with van der Waals surface area (Å²) in [5.41, 5.74) is -2.65. The average Bonchev–Trinajstić information content (AvgIpc) is 3.25. The van der Waals surface area contributed by atoms with Crippen LogP contribution in [0.3, 0.4) is 0 Å².